The van der Waals surface area contributed by atoms with E-state index in [-0.39, 0.29) is 5.91 Å². The standard InChI is InChI=1S/C7H12N4O/c1-7(2,8)5(12)11-6-9-3-4-10-6/h3-4H,8H2,1-2H3,(H2,9,10,11,12). The second kappa shape index (κ2) is 2.94. The van der Waals surface area contributed by atoms with Crippen LogP contribution in [0.15, 0.2) is 12.4 Å². The van der Waals surface area contributed by atoms with Crippen LogP contribution in [0.3, 0.4) is 0 Å². The summed E-state index contributed by atoms with van der Waals surface area (Å²) in [4.78, 5) is 17.8. The molecule has 0 aliphatic carbocycles. The number of hydrogen-bond donors (Lipinski definition) is 3. The van der Waals surface area contributed by atoms with E-state index in [1.807, 2.05) is 0 Å². The van der Waals surface area contributed by atoms with Crippen molar-refractivity contribution in [1.29, 1.82) is 0 Å². The zero-order chi connectivity index (χ0) is 9.19. The Labute approximate surface area is 70.4 Å². The number of amides is 1. The number of nitrogens with two attached hydrogens (primary N) is 1. The number of carbonyl (C=O) groups excluding carboxylic acids is 1. The van der Waals surface area contributed by atoms with Gasteiger partial charge in [-0.1, -0.05) is 0 Å². The number of aromatic nitrogens is 2. The van der Waals surface area contributed by atoms with Gasteiger partial charge < -0.3 is 10.7 Å². The summed E-state index contributed by atoms with van der Waals surface area (Å²) < 4.78 is 0. The van der Waals surface area contributed by atoms with E-state index in [4.69, 9.17) is 5.73 Å². The lowest BCUT2D eigenvalue weighted by Crippen LogP contribution is -2.45. The third-order valence-corrected chi connectivity index (χ3v) is 1.32. The van der Waals surface area contributed by atoms with Gasteiger partial charge in [-0.15, -0.1) is 0 Å². The molecule has 1 rings (SSSR count). The van der Waals surface area contributed by atoms with Crippen LogP contribution < -0.4 is 11.1 Å². The molecule has 0 saturated heterocycles. The molecule has 0 saturated carbocycles. The maximum absolute atomic E-state index is 11.2. The lowest BCUT2D eigenvalue weighted by Gasteiger charge is -2.16. The Bertz CT molecular complexity index is 259. The molecule has 0 aliphatic heterocycles. The lowest BCUT2D eigenvalue weighted by molar-refractivity contribution is -0.120. The van der Waals surface area contributed by atoms with Crippen molar-refractivity contribution in [2.75, 3.05) is 5.32 Å². The molecule has 66 valence electrons. The van der Waals surface area contributed by atoms with E-state index in [9.17, 15) is 4.79 Å². The second-order valence-corrected chi connectivity index (χ2v) is 3.11. The maximum Gasteiger partial charge on any atom is 0.246 e. The van der Waals surface area contributed by atoms with Crippen LogP contribution in [-0.2, 0) is 4.79 Å². The molecule has 0 bridgehead atoms. The number of carbonyl (C=O) groups is 1. The topological polar surface area (TPSA) is 83.8 Å². The minimum absolute atomic E-state index is 0.266. The van der Waals surface area contributed by atoms with E-state index in [1.54, 1.807) is 26.2 Å². The molecule has 0 radical (unpaired) electrons. The van der Waals surface area contributed by atoms with Crippen molar-refractivity contribution >= 4 is 11.9 Å². The van der Waals surface area contributed by atoms with Gasteiger partial charge in [0.15, 0.2) is 0 Å². The first-order valence-electron chi connectivity index (χ1n) is 3.60. The van der Waals surface area contributed by atoms with Crippen molar-refractivity contribution in [2.45, 2.75) is 19.4 Å². The quantitative estimate of drug-likeness (QED) is 0.585. The summed E-state index contributed by atoms with van der Waals surface area (Å²) in [6, 6.07) is 0. The molecule has 1 amide bonds. The highest BCUT2D eigenvalue weighted by Gasteiger charge is 2.22. The summed E-state index contributed by atoms with van der Waals surface area (Å²) in [7, 11) is 0. The zero-order valence-corrected chi connectivity index (χ0v) is 7.09. The van der Waals surface area contributed by atoms with E-state index in [0.717, 1.165) is 0 Å². The normalized spacial score (nSPS) is 11.2. The first-order chi connectivity index (χ1) is 5.50. The van der Waals surface area contributed by atoms with Gasteiger partial charge in [-0.3, -0.25) is 10.1 Å². The molecule has 0 aromatic carbocycles. The third-order valence-electron chi connectivity index (χ3n) is 1.32. The molecule has 12 heavy (non-hydrogen) atoms. The number of nitrogens with zero attached hydrogens (tertiary/aromatic N) is 1. The van der Waals surface area contributed by atoms with Crippen LogP contribution in [0, 0.1) is 0 Å². The molecule has 0 unspecified atom stereocenters. The largest absolute Gasteiger partial charge is 0.331 e. The summed E-state index contributed by atoms with van der Waals surface area (Å²) in [5.41, 5.74) is 4.66. The molecule has 0 fully saturated rings. The van der Waals surface area contributed by atoms with Gasteiger partial charge in [-0.25, -0.2) is 4.98 Å². The minimum Gasteiger partial charge on any atom is -0.331 e. The number of nitrogens with one attached hydrogen (secondary N) is 2. The molecule has 0 aliphatic rings. The third kappa shape index (κ3) is 2.06. The van der Waals surface area contributed by atoms with E-state index in [1.165, 1.54) is 0 Å². The van der Waals surface area contributed by atoms with Crippen molar-refractivity contribution in [3.05, 3.63) is 12.4 Å². The SMILES string of the molecule is CC(C)(N)C(=O)Nc1ncc[nH]1. The number of hydrogen-bond acceptors (Lipinski definition) is 3. The van der Waals surface area contributed by atoms with Crippen LogP contribution in [-0.4, -0.2) is 21.4 Å². The van der Waals surface area contributed by atoms with Gasteiger partial charge >= 0.3 is 0 Å². The fourth-order valence-electron chi connectivity index (χ4n) is 0.602. The van der Waals surface area contributed by atoms with Crippen molar-refractivity contribution in [3.8, 4) is 0 Å². The Morgan fingerprint density at radius 1 is 1.75 bits per heavy atom. The van der Waals surface area contributed by atoms with E-state index < -0.39 is 5.54 Å². The fourth-order valence-corrected chi connectivity index (χ4v) is 0.602. The van der Waals surface area contributed by atoms with E-state index in [0.29, 0.717) is 5.95 Å². The van der Waals surface area contributed by atoms with Gasteiger partial charge in [0.2, 0.25) is 11.9 Å². The van der Waals surface area contributed by atoms with Gasteiger partial charge in [-0.2, -0.15) is 0 Å². The number of rotatable bonds is 2. The van der Waals surface area contributed by atoms with Crippen LogP contribution in [0.25, 0.3) is 0 Å². The monoisotopic (exact) mass is 168 g/mol. The van der Waals surface area contributed by atoms with Crippen LogP contribution in [0.2, 0.25) is 0 Å². The van der Waals surface area contributed by atoms with Crippen LogP contribution in [0.1, 0.15) is 13.8 Å². The molecular formula is C7H12N4O. The number of imidazole rings is 1. The summed E-state index contributed by atoms with van der Waals surface area (Å²) in [6.45, 7) is 3.26. The number of anilines is 1. The number of H-pyrrole nitrogens is 1. The summed E-state index contributed by atoms with van der Waals surface area (Å²) in [5.74, 6) is 0.149. The first kappa shape index (κ1) is 8.73. The van der Waals surface area contributed by atoms with E-state index in [2.05, 4.69) is 15.3 Å². The molecule has 1 heterocycles. The van der Waals surface area contributed by atoms with Crippen molar-refractivity contribution in [2.24, 2.45) is 5.73 Å². The van der Waals surface area contributed by atoms with Gasteiger partial charge in [0, 0.05) is 12.4 Å². The molecule has 0 spiro atoms. The smallest absolute Gasteiger partial charge is 0.246 e. The van der Waals surface area contributed by atoms with Gasteiger partial charge in [0.25, 0.3) is 0 Å². The zero-order valence-electron chi connectivity index (χ0n) is 7.09. The van der Waals surface area contributed by atoms with Gasteiger partial charge in [0.1, 0.15) is 0 Å². The lowest BCUT2D eigenvalue weighted by atomic mass is 10.1. The Morgan fingerprint density at radius 2 is 2.42 bits per heavy atom. The van der Waals surface area contributed by atoms with Crippen LogP contribution in [0.5, 0.6) is 0 Å². The Hall–Kier alpha value is -1.36. The highest BCUT2D eigenvalue weighted by Crippen LogP contribution is 2.02. The maximum atomic E-state index is 11.2. The molecule has 4 N–H and O–H groups in total. The van der Waals surface area contributed by atoms with Crippen molar-refractivity contribution in [3.63, 3.8) is 0 Å². The predicted molar refractivity (Wildman–Crippen MR) is 45.5 cm³/mol. The molecule has 1 aromatic heterocycles. The molecule has 5 heteroatoms. The van der Waals surface area contributed by atoms with E-state index >= 15 is 0 Å². The minimum atomic E-state index is -0.882. The second-order valence-electron chi connectivity index (χ2n) is 3.11. The Balaban J connectivity index is 2.60. The van der Waals surface area contributed by atoms with Crippen molar-refractivity contribution in [1.82, 2.24) is 9.97 Å². The molecular weight excluding hydrogens is 156 g/mol. The first-order valence-corrected chi connectivity index (χ1v) is 3.60. The van der Waals surface area contributed by atoms with Crippen molar-refractivity contribution < 1.29 is 4.79 Å². The molecule has 0 atom stereocenters. The van der Waals surface area contributed by atoms with Gasteiger partial charge in [0.05, 0.1) is 5.54 Å². The fraction of sp³-hybridized carbons (Fsp3) is 0.429. The van der Waals surface area contributed by atoms with Crippen LogP contribution in [0.4, 0.5) is 5.95 Å². The summed E-state index contributed by atoms with van der Waals surface area (Å²) in [5, 5.41) is 2.53. The predicted octanol–water partition coefficient (Wildman–Crippen LogP) is 0.0855. The highest BCUT2D eigenvalue weighted by atomic mass is 16.2. The van der Waals surface area contributed by atoms with Gasteiger partial charge in [-0.05, 0) is 13.8 Å². The average Bonchev–Trinajstić information content (AvgIpc) is 2.37. The average molecular weight is 168 g/mol. The number of aromatic amines is 1. The Morgan fingerprint density at radius 3 is 2.83 bits per heavy atom. The molecule has 1 aromatic rings. The molecule has 5 nitrogen and oxygen atoms in total. The van der Waals surface area contributed by atoms with Crippen LogP contribution >= 0.6 is 0 Å². The summed E-state index contributed by atoms with van der Waals surface area (Å²) >= 11 is 0. The summed E-state index contributed by atoms with van der Waals surface area (Å²) in [6.07, 6.45) is 3.18. The Kier molecular flexibility index (Phi) is 2.14. The highest BCUT2D eigenvalue weighted by molar-refractivity contribution is 5.95.